The predicted molar refractivity (Wildman–Crippen MR) is 121 cm³/mol. The third-order valence-corrected chi connectivity index (χ3v) is 6.53. The van der Waals surface area contributed by atoms with Crippen LogP contribution in [0.5, 0.6) is 0 Å². The van der Waals surface area contributed by atoms with Crippen LogP contribution in [0.25, 0.3) is 11.1 Å². The lowest BCUT2D eigenvalue weighted by molar-refractivity contribution is 0.102. The van der Waals surface area contributed by atoms with E-state index in [4.69, 9.17) is 0 Å². The first kappa shape index (κ1) is 21.0. The lowest BCUT2D eigenvalue weighted by Gasteiger charge is -2.22. The molecule has 0 spiro atoms. The Morgan fingerprint density at radius 2 is 1.59 bits per heavy atom. The van der Waals surface area contributed by atoms with Crippen LogP contribution in [0, 0.1) is 0 Å². The van der Waals surface area contributed by atoms with Gasteiger partial charge >= 0.3 is 0 Å². The zero-order valence-electron chi connectivity index (χ0n) is 16.4. The summed E-state index contributed by atoms with van der Waals surface area (Å²) in [5.41, 5.74) is 3.23. The second kappa shape index (κ2) is 8.71. The van der Waals surface area contributed by atoms with Crippen LogP contribution in [0.15, 0.2) is 77.7 Å². The summed E-state index contributed by atoms with van der Waals surface area (Å²) in [5, 5.41) is 2.91. The standard InChI is InChI=1S/C22H22N2O3S2/c1-24(29(3,26)27)20-14-13-17(16-9-5-4-6-10-16)15-19(20)23-22(25)18-11-7-8-12-21(18)28-2/h4-15H,1-3H3,(H,23,25). The SMILES string of the molecule is CSc1ccccc1C(=O)Nc1cc(-c2ccccc2)ccc1N(C)S(C)(=O)=O. The molecule has 0 fully saturated rings. The molecule has 3 aromatic carbocycles. The minimum atomic E-state index is -3.49. The van der Waals surface area contributed by atoms with Crippen molar-refractivity contribution >= 4 is 39.1 Å². The van der Waals surface area contributed by atoms with Crippen LogP contribution in [0.4, 0.5) is 11.4 Å². The molecule has 1 amide bonds. The van der Waals surface area contributed by atoms with Gasteiger partial charge < -0.3 is 5.32 Å². The fraction of sp³-hybridized carbons (Fsp3) is 0.136. The van der Waals surface area contributed by atoms with Crippen molar-refractivity contribution in [1.29, 1.82) is 0 Å². The second-order valence-corrected chi connectivity index (χ2v) is 9.34. The number of benzene rings is 3. The highest BCUT2D eigenvalue weighted by Gasteiger charge is 2.19. The molecule has 29 heavy (non-hydrogen) atoms. The van der Waals surface area contributed by atoms with Gasteiger partial charge in [0.1, 0.15) is 0 Å². The first-order valence-corrected chi connectivity index (χ1v) is 12.0. The maximum absolute atomic E-state index is 13.0. The van der Waals surface area contributed by atoms with Crippen LogP contribution in [-0.2, 0) is 10.0 Å². The summed E-state index contributed by atoms with van der Waals surface area (Å²) in [6.45, 7) is 0. The Bertz CT molecular complexity index is 1130. The van der Waals surface area contributed by atoms with E-state index in [9.17, 15) is 13.2 Å². The van der Waals surface area contributed by atoms with Gasteiger partial charge in [-0.15, -0.1) is 11.8 Å². The number of sulfonamides is 1. The van der Waals surface area contributed by atoms with E-state index in [-0.39, 0.29) is 5.91 Å². The van der Waals surface area contributed by atoms with Crippen molar-refractivity contribution in [2.24, 2.45) is 0 Å². The van der Waals surface area contributed by atoms with E-state index in [1.54, 1.807) is 24.3 Å². The summed E-state index contributed by atoms with van der Waals surface area (Å²) in [6.07, 6.45) is 3.04. The van der Waals surface area contributed by atoms with Gasteiger partial charge in [0.2, 0.25) is 10.0 Å². The van der Waals surface area contributed by atoms with Crippen LogP contribution in [-0.4, -0.2) is 33.9 Å². The van der Waals surface area contributed by atoms with E-state index in [1.807, 2.05) is 54.8 Å². The molecule has 150 valence electrons. The van der Waals surface area contributed by atoms with Gasteiger partial charge in [-0.25, -0.2) is 8.42 Å². The van der Waals surface area contributed by atoms with Crippen molar-refractivity contribution in [2.45, 2.75) is 4.90 Å². The number of amides is 1. The summed E-state index contributed by atoms with van der Waals surface area (Å²) in [4.78, 5) is 13.8. The van der Waals surface area contributed by atoms with Crippen LogP contribution in [0.1, 0.15) is 10.4 Å². The zero-order chi connectivity index (χ0) is 21.0. The Hall–Kier alpha value is -2.77. The average Bonchev–Trinajstić information content (AvgIpc) is 2.73. The average molecular weight is 427 g/mol. The summed E-state index contributed by atoms with van der Waals surface area (Å²) >= 11 is 1.48. The maximum atomic E-state index is 13.0. The highest BCUT2D eigenvalue weighted by Crippen LogP contribution is 2.33. The highest BCUT2D eigenvalue weighted by atomic mass is 32.2. The van der Waals surface area contributed by atoms with E-state index in [0.717, 1.165) is 26.6 Å². The van der Waals surface area contributed by atoms with E-state index < -0.39 is 10.0 Å². The molecule has 0 saturated carbocycles. The summed E-state index contributed by atoms with van der Waals surface area (Å²) in [5.74, 6) is -0.289. The number of hydrogen-bond acceptors (Lipinski definition) is 4. The van der Waals surface area contributed by atoms with Gasteiger partial charge in [-0.1, -0.05) is 48.5 Å². The smallest absolute Gasteiger partial charge is 0.256 e. The molecular formula is C22H22N2O3S2. The molecule has 0 aliphatic heterocycles. The quantitative estimate of drug-likeness (QED) is 0.579. The van der Waals surface area contributed by atoms with Gasteiger partial charge in [0.15, 0.2) is 0 Å². The zero-order valence-corrected chi connectivity index (χ0v) is 18.0. The highest BCUT2D eigenvalue weighted by molar-refractivity contribution is 7.98. The molecule has 0 radical (unpaired) electrons. The molecule has 3 aromatic rings. The topological polar surface area (TPSA) is 66.5 Å². The first-order valence-electron chi connectivity index (χ1n) is 8.89. The van der Waals surface area contributed by atoms with Crippen LogP contribution in [0.2, 0.25) is 0 Å². The van der Waals surface area contributed by atoms with Crippen molar-refractivity contribution in [2.75, 3.05) is 29.2 Å². The minimum absolute atomic E-state index is 0.289. The molecule has 0 heterocycles. The molecule has 0 bridgehead atoms. The van der Waals surface area contributed by atoms with E-state index >= 15 is 0 Å². The monoisotopic (exact) mass is 426 g/mol. The number of carbonyl (C=O) groups is 1. The minimum Gasteiger partial charge on any atom is -0.320 e. The number of nitrogens with zero attached hydrogens (tertiary/aromatic N) is 1. The Labute approximate surface area is 175 Å². The first-order chi connectivity index (χ1) is 13.8. The van der Waals surface area contributed by atoms with Gasteiger partial charge in [-0.2, -0.15) is 0 Å². The normalized spacial score (nSPS) is 11.1. The Morgan fingerprint density at radius 3 is 2.24 bits per heavy atom. The molecule has 0 aromatic heterocycles. The molecule has 0 unspecified atom stereocenters. The largest absolute Gasteiger partial charge is 0.320 e. The predicted octanol–water partition coefficient (Wildman–Crippen LogP) is 4.72. The molecule has 7 heteroatoms. The van der Waals surface area contributed by atoms with Gasteiger partial charge in [-0.3, -0.25) is 9.10 Å². The van der Waals surface area contributed by atoms with Crippen molar-refractivity contribution < 1.29 is 13.2 Å². The molecule has 0 aliphatic rings. The van der Waals surface area contributed by atoms with Crippen molar-refractivity contribution in [3.8, 4) is 11.1 Å². The fourth-order valence-electron chi connectivity index (χ4n) is 2.92. The van der Waals surface area contributed by atoms with Gasteiger partial charge in [0.05, 0.1) is 23.2 Å². The second-order valence-electron chi connectivity index (χ2n) is 6.48. The van der Waals surface area contributed by atoms with E-state index in [2.05, 4.69) is 5.32 Å². The Morgan fingerprint density at radius 1 is 0.931 bits per heavy atom. The van der Waals surface area contributed by atoms with E-state index in [1.165, 1.54) is 18.8 Å². The fourth-order valence-corrected chi connectivity index (χ4v) is 4.03. The van der Waals surface area contributed by atoms with Crippen LogP contribution < -0.4 is 9.62 Å². The van der Waals surface area contributed by atoms with Gasteiger partial charge in [-0.05, 0) is 41.6 Å². The van der Waals surface area contributed by atoms with Crippen LogP contribution in [0.3, 0.4) is 0 Å². The molecule has 5 nitrogen and oxygen atoms in total. The number of nitrogens with one attached hydrogen (secondary N) is 1. The van der Waals surface area contributed by atoms with Crippen LogP contribution >= 0.6 is 11.8 Å². The van der Waals surface area contributed by atoms with Crippen molar-refractivity contribution in [1.82, 2.24) is 0 Å². The summed E-state index contributed by atoms with van der Waals surface area (Å²) < 4.78 is 25.4. The molecular weight excluding hydrogens is 404 g/mol. The maximum Gasteiger partial charge on any atom is 0.256 e. The third kappa shape index (κ3) is 4.81. The molecule has 1 N–H and O–H groups in total. The van der Waals surface area contributed by atoms with E-state index in [0.29, 0.717) is 16.9 Å². The number of hydrogen-bond donors (Lipinski definition) is 1. The molecule has 0 atom stereocenters. The van der Waals surface area contributed by atoms with Crippen molar-refractivity contribution in [3.05, 3.63) is 78.4 Å². The Kier molecular flexibility index (Phi) is 6.30. The number of thioether (sulfide) groups is 1. The lowest BCUT2D eigenvalue weighted by Crippen LogP contribution is -2.26. The van der Waals surface area contributed by atoms with Crippen molar-refractivity contribution in [3.63, 3.8) is 0 Å². The number of carbonyl (C=O) groups excluding carboxylic acids is 1. The molecule has 0 aliphatic carbocycles. The van der Waals surface area contributed by atoms with Gasteiger partial charge in [0, 0.05) is 11.9 Å². The summed E-state index contributed by atoms with van der Waals surface area (Å²) in [7, 11) is -2.02. The molecule has 3 rings (SSSR count). The Balaban J connectivity index is 2.07. The molecule has 0 saturated heterocycles. The lowest BCUT2D eigenvalue weighted by atomic mass is 10.0. The number of anilines is 2. The third-order valence-electron chi connectivity index (χ3n) is 4.54. The summed E-state index contributed by atoms with van der Waals surface area (Å²) in [6, 6.07) is 22.4. The van der Waals surface area contributed by atoms with Gasteiger partial charge in [0.25, 0.3) is 5.91 Å². The number of rotatable bonds is 6.